The minimum Gasteiger partial charge on any atom is -0.469 e. The lowest BCUT2D eigenvalue weighted by Gasteiger charge is -2.15. The number of rotatable bonds is 4. The molecule has 0 radical (unpaired) electrons. The van der Waals surface area contributed by atoms with Crippen molar-refractivity contribution in [2.75, 3.05) is 7.11 Å². The van der Waals surface area contributed by atoms with Crippen molar-refractivity contribution in [1.29, 1.82) is 0 Å². The van der Waals surface area contributed by atoms with Crippen molar-refractivity contribution in [3.63, 3.8) is 0 Å². The Balaban J connectivity index is 2.00. The minimum atomic E-state index is -0.358. The predicted molar refractivity (Wildman–Crippen MR) is 111 cm³/mol. The average molecular weight is 378 g/mol. The largest absolute Gasteiger partial charge is 0.469 e. The maximum Gasteiger partial charge on any atom is 0.313 e. The van der Waals surface area contributed by atoms with E-state index in [0.717, 1.165) is 33.1 Å². The molecule has 3 aromatic carbocycles. The van der Waals surface area contributed by atoms with Crippen LogP contribution in [0.3, 0.4) is 0 Å². The SMILES string of the molecule is CCC(C(=O)OC)c1c(-c2ccc3ccccc3c2)[nH]c2ccc(Cl)cc12. The maximum atomic E-state index is 12.5. The third-order valence-electron chi connectivity index (χ3n) is 5.08. The van der Waals surface area contributed by atoms with Crippen molar-refractivity contribution in [1.82, 2.24) is 4.98 Å². The summed E-state index contributed by atoms with van der Waals surface area (Å²) in [6.07, 6.45) is 0.646. The monoisotopic (exact) mass is 377 g/mol. The van der Waals surface area contributed by atoms with E-state index in [4.69, 9.17) is 16.3 Å². The smallest absolute Gasteiger partial charge is 0.313 e. The van der Waals surface area contributed by atoms with Gasteiger partial charge in [-0.15, -0.1) is 0 Å². The van der Waals surface area contributed by atoms with Crippen LogP contribution in [0.2, 0.25) is 5.02 Å². The van der Waals surface area contributed by atoms with Crippen LogP contribution in [0.5, 0.6) is 0 Å². The number of hydrogen-bond acceptors (Lipinski definition) is 2. The van der Waals surface area contributed by atoms with E-state index in [1.807, 2.05) is 37.3 Å². The number of esters is 1. The molecule has 4 heteroatoms. The van der Waals surface area contributed by atoms with Gasteiger partial charge in [-0.05, 0) is 52.6 Å². The summed E-state index contributed by atoms with van der Waals surface area (Å²) in [6, 6.07) is 20.3. The summed E-state index contributed by atoms with van der Waals surface area (Å²) in [7, 11) is 1.43. The van der Waals surface area contributed by atoms with Gasteiger partial charge in [-0.3, -0.25) is 4.79 Å². The lowest BCUT2D eigenvalue weighted by Crippen LogP contribution is -2.14. The second kappa shape index (κ2) is 7.09. The summed E-state index contributed by atoms with van der Waals surface area (Å²) in [6.45, 7) is 2.00. The Morgan fingerprint density at radius 1 is 1.07 bits per heavy atom. The van der Waals surface area contributed by atoms with Crippen LogP contribution in [-0.2, 0) is 9.53 Å². The van der Waals surface area contributed by atoms with E-state index in [1.54, 1.807) is 0 Å². The van der Waals surface area contributed by atoms with Gasteiger partial charge in [0.2, 0.25) is 0 Å². The molecule has 0 aliphatic heterocycles. The first-order valence-corrected chi connectivity index (χ1v) is 9.38. The summed E-state index contributed by atoms with van der Waals surface area (Å²) in [5.74, 6) is -0.593. The molecule has 0 saturated heterocycles. The molecule has 4 rings (SSSR count). The molecular weight excluding hydrogens is 358 g/mol. The molecule has 1 atom stereocenters. The zero-order chi connectivity index (χ0) is 19.0. The zero-order valence-corrected chi connectivity index (χ0v) is 16.0. The Bertz CT molecular complexity index is 1150. The molecule has 0 amide bonds. The Labute approximate surface area is 162 Å². The van der Waals surface area contributed by atoms with Gasteiger partial charge in [-0.2, -0.15) is 0 Å². The first-order chi connectivity index (χ1) is 13.1. The normalized spacial score (nSPS) is 12.4. The van der Waals surface area contributed by atoms with E-state index in [2.05, 4.69) is 35.3 Å². The van der Waals surface area contributed by atoms with Gasteiger partial charge in [-0.25, -0.2) is 0 Å². The molecular formula is C23H20ClNO2. The van der Waals surface area contributed by atoms with Crippen molar-refractivity contribution in [3.05, 3.63) is 71.2 Å². The number of hydrogen-bond donors (Lipinski definition) is 1. The fourth-order valence-electron chi connectivity index (χ4n) is 3.75. The van der Waals surface area contributed by atoms with Crippen molar-refractivity contribution in [2.24, 2.45) is 0 Å². The summed E-state index contributed by atoms with van der Waals surface area (Å²) in [5.41, 5.74) is 3.88. The summed E-state index contributed by atoms with van der Waals surface area (Å²) >= 11 is 6.26. The van der Waals surface area contributed by atoms with Gasteiger partial charge in [0.25, 0.3) is 0 Å². The Morgan fingerprint density at radius 3 is 2.59 bits per heavy atom. The Kier molecular flexibility index (Phi) is 4.63. The van der Waals surface area contributed by atoms with Gasteiger partial charge in [0.15, 0.2) is 0 Å². The highest BCUT2D eigenvalue weighted by Crippen LogP contribution is 2.39. The third kappa shape index (κ3) is 3.08. The van der Waals surface area contributed by atoms with Crippen LogP contribution in [-0.4, -0.2) is 18.1 Å². The molecule has 1 aromatic heterocycles. The van der Waals surface area contributed by atoms with Gasteiger partial charge >= 0.3 is 5.97 Å². The molecule has 1 N–H and O–H groups in total. The van der Waals surface area contributed by atoms with Gasteiger partial charge in [0, 0.05) is 15.9 Å². The van der Waals surface area contributed by atoms with E-state index in [9.17, 15) is 4.79 Å². The number of nitrogens with one attached hydrogen (secondary N) is 1. The van der Waals surface area contributed by atoms with Crippen molar-refractivity contribution in [3.8, 4) is 11.3 Å². The highest BCUT2D eigenvalue weighted by atomic mass is 35.5. The van der Waals surface area contributed by atoms with Gasteiger partial charge in [-0.1, -0.05) is 54.9 Å². The number of aromatic amines is 1. The molecule has 1 heterocycles. The fourth-order valence-corrected chi connectivity index (χ4v) is 3.92. The van der Waals surface area contributed by atoms with Crippen molar-refractivity contribution in [2.45, 2.75) is 19.3 Å². The van der Waals surface area contributed by atoms with Crippen molar-refractivity contribution < 1.29 is 9.53 Å². The maximum absolute atomic E-state index is 12.5. The predicted octanol–water partition coefficient (Wildman–Crippen LogP) is 6.31. The van der Waals surface area contributed by atoms with Gasteiger partial charge in [0.05, 0.1) is 18.7 Å². The van der Waals surface area contributed by atoms with E-state index in [0.29, 0.717) is 11.4 Å². The molecule has 27 heavy (non-hydrogen) atoms. The zero-order valence-electron chi connectivity index (χ0n) is 15.3. The van der Waals surface area contributed by atoms with Crippen molar-refractivity contribution >= 4 is 39.2 Å². The summed E-state index contributed by atoms with van der Waals surface area (Å²) in [5, 5.41) is 3.95. The summed E-state index contributed by atoms with van der Waals surface area (Å²) in [4.78, 5) is 16.0. The van der Waals surface area contributed by atoms with Crippen LogP contribution in [0.15, 0.2) is 60.7 Å². The minimum absolute atomic E-state index is 0.236. The number of H-pyrrole nitrogens is 1. The van der Waals surface area contributed by atoms with Crippen LogP contribution in [0, 0.1) is 0 Å². The summed E-state index contributed by atoms with van der Waals surface area (Å²) < 4.78 is 5.08. The highest BCUT2D eigenvalue weighted by molar-refractivity contribution is 6.31. The van der Waals surface area contributed by atoms with Crippen LogP contribution in [0.25, 0.3) is 32.9 Å². The molecule has 3 nitrogen and oxygen atoms in total. The topological polar surface area (TPSA) is 42.1 Å². The first kappa shape index (κ1) is 17.6. The number of benzene rings is 3. The van der Waals surface area contributed by atoms with E-state index in [1.165, 1.54) is 12.5 Å². The van der Waals surface area contributed by atoms with E-state index in [-0.39, 0.29) is 11.9 Å². The highest BCUT2D eigenvalue weighted by Gasteiger charge is 2.27. The number of ether oxygens (including phenoxy) is 1. The molecule has 0 saturated carbocycles. The molecule has 0 spiro atoms. The molecule has 136 valence electrons. The second-order valence-corrected chi connectivity index (χ2v) is 7.09. The fraction of sp³-hybridized carbons (Fsp3) is 0.174. The van der Waals surface area contributed by atoms with Gasteiger partial charge < -0.3 is 9.72 Å². The Morgan fingerprint density at radius 2 is 1.85 bits per heavy atom. The molecule has 0 aliphatic rings. The van der Waals surface area contributed by atoms with Crippen LogP contribution in [0.4, 0.5) is 0 Å². The second-order valence-electron chi connectivity index (χ2n) is 6.65. The number of carbonyl (C=O) groups excluding carboxylic acids is 1. The Hall–Kier alpha value is -2.78. The molecule has 0 bridgehead atoms. The quantitative estimate of drug-likeness (QED) is 0.423. The third-order valence-corrected chi connectivity index (χ3v) is 5.32. The first-order valence-electron chi connectivity index (χ1n) is 9.00. The molecule has 4 aromatic rings. The molecule has 1 unspecified atom stereocenters. The molecule has 0 aliphatic carbocycles. The molecule has 0 fully saturated rings. The number of methoxy groups -OCH3 is 1. The standard InChI is InChI=1S/C23H20ClNO2/c1-3-18(23(26)27-2)21-19-13-17(24)10-11-20(19)25-22(21)16-9-8-14-6-4-5-7-15(14)12-16/h4-13,18,25H,3H2,1-2H3. The van der Waals surface area contributed by atoms with Crippen LogP contribution in [0.1, 0.15) is 24.8 Å². The number of halogens is 1. The van der Waals surface area contributed by atoms with E-state index < -0.39 is 0 Å². The number of aromatic nitrogens is 1. The van der Waals surface area contributed by atoms with Gasteiger partial charge in [0.1, 0.15) is 0 Å². The number of fused-ring (bicyclic) bond motifs is 2. The number of carbonyl (C=O) groups is 1. The average Bonchev–Trinajstić information content (AvgIpc) is 3.06. The lowest BCUT2D eigenvalue weighted by atomic mass is 9.91. The van der Waals surface area contributed by atoms with Crippen LogP contribution < -0.4 is 0 Å². The lowest BCUT2D eigenvalue weighted by molar-refractivity contribution is -0.142. The van der Waals surface area contributed by atoms with Crippen LogP contribution >= 0.6 is 11.6 Å². The van der Waals surface area contributed by atoms with E-state index >= 15 is 0 Å².